The van der Waals surface area contributed by atoms with E-state index in [2.05, 4.69) is 4.18 Å². The standard InChI is InChI=1S/C7H17NO4S/c1-4-8(5-2,6-3)7-12-13(9,10)11/h4-7H2,1-3H3. The first-order valence-corrected chi connectivity index (χ1v) is 5.67. The fraction of sp³-hybridized carbons (Fsp3) is 1.00. The first kappa shape index (κ1) is 12.8. The van der Waals surface area contributed by atoms with E-state index in [0.717, 1.165) is 19.6 Å². The van der Waals surface area contributed by atoms with Crippen molar-refractivity contribution in [1.82, 2.24) is 0 Å². The number of hydrogen-bond donors (Lipinski definition) is 0. The fourth-order valence-electron chi connectivity index (χ4n) is 1.12. The van der Waals surface area contributed by atoms with E-state index in [1.54, 1.807) is 0 Å². The Kier molecular flexibility index (Phi) is 4.83. The Hall–Kier alpha value is -0.170. The molecule has 0 aromatic rings. The molecule has 0 bridgehead atoms. The molecule has 0 N–H and O–H groups in total. The van der Waals surface area contributed by atoms with Crippen LogP contribution < -0.4 is 0 Å². The predicted octanol–water partition coefficient (Wildman–Crippen LogP) is 0.297. The lowest BCUT2D eigenvalue weighted by Gasteiger charge is -2.34. The second-order valence-corrected chi connectivity index (χ2v) is 4.00. The van der Waals surface area contributed by atoms with Crippen molar-refractivity contribution in [3.63, 3.8) is 0 Å². The summed E-state index contributed by atoms with van der Waals surface area (Å²) in [6, 6.07) is 0. The molecule has 0 rings (SSSR count). The molecule has 0 unspecified atom stereocenters. The summed E-state index contributed by atoms with van der Waals surface area (Å²) < 4.78 is 35.5. The molecule has 5 nitrogen and oxygen atoms in total. The molecule has 0 aliphatic heterocycles. The monoisotopic (exact) mass is 211 g/mol. The molecule has 0 aliphatic rings. The van der Waals surface area contributed by atoms with Gasteiger partial charge in [0.1, 0.15) is 0 Å². The van der Waals surface area contributed by atoms with Crippen LogP contribution in [-0.4, -0.2) is 43.8 Å². The van der Waals surface area contributed by atoms with Crippen molar-refractivity contribution < 1.29 is 21.6 Å². The summed E-state index contributed by atoms with van der Waals surface area (Å²) >= 11 is 0. The molecular weight excluding hydrogens is 194 g/mol. The quantitative estimate of drug-likeness (QED) is 0.274. The molecule has 0 saturated heterocycles. The Morgan fingerprint density at radius 3 is 1.77 bits per heavy atom. The summed E-state index contributed by atoms with van der Waals surface area (Å²) in [7, 11) is -4.55. The molecule has 0 fully saturated rings. The number of quaternary nitrogens is 1. The first-order valence-electron chi connectivity index (χ1n) is 4.34. The molecular formula is C7H17NO4S. The fourth-order valence-corrected chi connectivity index (χ4v) is 1.47. The average Bonchev–Trinajstić information content (AvgIpc) is 2.06. The number of hydrogen-bond acceptors (Lipinski definition) is 4. The van der Waals surface area contributed by atoms with E-state index in [1.165, 1.54) is 0 Å². The third-order valence-corrected chi connectivity index (χ3v) is 2.88. The van der Waals surface area contributed by atoms with Crippen LogP contribution in [0.5, 0.6) is 0 Å². The zero-order valence-electron chi connectivity index (χ0n) is 8.32. The molecule has 0 heterocycles. The molecule has 0 spiro atoms. The maximum absolute atomic E-state index is 10.2. The lowest BCUT2D eigenvalue weighted by molar-refractivity contribution is -0.937. The van der Waals surface area contributed by atoms with Crippen LogP contribution in [0.3, 0.4) is 0 Å². The third-order valence-electron chi connectivity index (χ3n) is 2.48. The van der Waals surface area contributed by atoms with Crippen LogP contribution in [0.1, 0.15) is 20.8 Å². The van der Waals surface area contributed by atoms with Gasteiger partial charge in [-0.15, -0.1) is 0 Å². The molecule has 0 saturated carbocycles. The summed E-state index contributed by atoms with van der Waals surface area (Å²) in [6.45, 7) is 8.01. The van der Waals surface area contributed by atoms with Gasteiger partial charge < -0.3 is 9.04 Å². The highest BCUT2D eigenvalue weighted by molar-refractivity contribution is 7.80. The summed E-state index contributed by atoms with van der Waals surface area (Å²) in [5, 5.41) is 0. The highest BCUT2D eigenvalue weighted by Crippen LogP contribution is 2.06. The van der Waals surface area contributed by atoms with Gasteiger partial charge in [0.15, 0.2) is 6.73 Å². The number of rotatable bonds is 6. The minimum Gasteiger partial charge on any atom is -0.725 e. The largest absolute Gasteiger partial charge is 0.725 e. The zero-order chi connectivity index (χ0) is 10.5. The van der Waals surface area contributed by atoms with Crippen molar-refractivity contribution in [1.29, 1.82) is 0 Å². The second kappa shape index (κ2) is 4.90. The van der Waals surface area contributed by atoms with Crippen molar-refractivity contribution >= 4 is 10.4 Å². The van der Waals surface area contributed by atoms with Gasteiger partial charge in [0.05, 0.1) is 19.6 Å². The van der Waals surface area contributed by atoms with Gasteiger partial charge in [0.2, 0.25) is 10.4 Å². The lowest BCUT2D eigenvalue weighted by Crippen LogP contribution is -2.49. The molecule has 6 heteroatoms. The molecule has 0 aromatic heterocycles. The molecule has 80 valence electrons. The van der Waals surface area contributed by atoms with Crippen LogP contribution in [0.15, 0.2) is 0 Å². The summed E-state index contributed by atoms with van der Waals surface area (Å²) in [5.41, 5.74) is 0. The van der Waals surface area contributed by atoms with Crippen LogP contribution in [0.2, 0.25) is 0 Å². The van der Waals surface area contributed by atoms with Crippen molar-refractivity contribution in [2.45, 2.75) is 20.8 Å². The van der Waals surface area contributed by atoms with Gasteiger partial charge in [-0.25, -0.2) is 12.6 Å². The Balaban J connectivity index is 4.27. The third kappa shape index (κ3) is 4.56. The summed E-state index contributed by atoms with van der Waals surface area (Å²) in [5.74, 6) is 0. The van der Waals surface area contributed by atoms with E-state index < -0.39 is 10.4 Å². The van der Waals surface area contributed by atoms with Gasteiger partial charge in [0, 0.05) is 0 Å². The highest BCUT2D eigenvalue weighted by atomic mass is 32.3. The van der Waals surface area contributed by atoms with Crippen LogP contribution in [0, 0.1) is 0 Å². The Bertz CT molecular complexity index is 225. The Morgan fingerprint density at radius 1 is 1.15 bits per heavy atom. The van der Waals surface area contributed by atoms with Crippen molar-refractivity contribution in [3.8, 4) is 0 Å². The summed E-state index contributed by atoms with van der Waals surface area (Å²) in [6.07, 6.45) is 0. The van der Waals surface area contributed by atoms with Gasteiger partial charge in [-0.3, -0.25) is 0 Å². The van der Waals surface area contributed by atoms with Crippen LogP contribution >= 0.6 is 0 Å². The van der Waals surface area contributed by atoms with Crippen LogP contribution in [0.4, 0.5) is 0 Å². The van der Waals surface area contributed by atoms with Gasteiger partial charge in [-0.05, 0) is 20.8 Å². The average molecular weight is 211 g/mol. The molecule has 0 amide bonds. The summed E-state index contributed by atoms with van der Waals surface area (Å²) in [4.78, 5) is 0. The zero-order valence-corrected chi connectivity index (χ0v) is 9.13. The highest BCUT2D eigenvalue weighted by Gasteiger charge is 2.21. The van der Waals surface area contributed by atoms with Crippen molar-refractivity contribution in [2.24, 2.45) is 0 Å². The first-order chi connectivity index (χ1) is 5.89. The van der Waals surface area contributed by atoms with Gasteiger partial charge in [-0.2, -0.15) is 0 Å². The van der Waals surface area contributed by atoms with Gasteiger partial charge in [0.25, 0.3) is 0 Å². The van der Waals surface area contributed by atoms with Crippen LogP contribution in [0.25, 0.3) is 0 Å². The van der Waals surface area contributed by atoms with Gasteiger partial charge in [-0.1, -0.05) is 0 Å². The number of nitrogens with zero attached hydrogens (tertiary/aromatic N) is 1. The molecule has 13 heavy (non-hydrogen) atoms. The Morgan fingerprint density at radius 2 is 1.54 bits per heavy atom. The molecule has 0 radical (unpaired) electrons. The predicted molar refractivity (Wildman–Crippen MR) is 47.5 cm³/mol. The maximum atomic E-state index is 10.2. The smallest absolute Gasteiger partial charge is 0.222 e. The topological polar surface area (TPSA) is 66.4 Å². The minimum absolute atomic E-state index is 0.0602. The van der Waals surface area contributed by atoms with E-state index >= 15 is 0 Å². The molecule has 0 aliphatic carbocycles. The SMILES string of the molecule is CC[N+](CC)(CC)COS(=O)(=O)[O-]. The van der Waals surface area contributed by atoms with Crippen LogP contribution in [-0.2, 0) is 14.6 Å². The second-order valence-electron chi connectivity index (χ2n) is 2.95. The minimum atomic E-state index is -4.55. The van der Waals surface area contributed by atoms with E-state index in [4.69, 9.17) is 0 Å². The van der Waals surface area contributed by atoms with E-state index in [9.17, 15) is 13.0 Å². The van der Waals surface area contributed by atoms with E-state index in [0.29, 0.717) is 4.48 Å². The van der Waals surface area contributed by atoms with Gasteiger partial charge >= 0.3 is 0 Å². The normalized spacial score (nSPS) is 13.2. The Labute approximate surface area is 79.8 Å². The lowest BCUT2D eigenvalue weighted by atomic mass is 10.4. The maximum Gasteiger partial charge on any atom is 0.222 e. The molecule has 0 atom stereocenters. The van der Waals surface area contributed by atoms with E-state index in [1.807, 2.05) is 20.8 Å². The van der Waals surface area contributed by atoms with Crippen molar-refractivity contribution in [2.75, 3.05) is 26.4 Å². The van der Waals surface area contributed by atoms with Crippen molar-refractivity contribution in [3.05, 3.63) is 0 Å². The molecule has 0 aromatic carbocycles. The van der Waals surface area contributed by atoms with E-state index in [-0.39, 0.29) is 6.73 Å².